The molecule has 2 N–H and O–H groups in total. The zero-order chi connectivity index (χ0) is 27.5. The monoisotopic (exact) mass is 532 g/mol. The summed E-state index contributed by atoms with van der Waals surface area (Å²) in [7, 11) is 0. The van der Waals surface area contributed by atoms with Gasteiger partial charge in [0.25, 0.3) is 0 Å². The van der Waals surface area contributed by atoms with Crippen LogP contribution in [0.3, 0.4) is 0 Å². The minimum absolute atomic E-state index is 0.00204. The molecule has 2 fully saturated rings. The Labute approximate surface area is 230 Å². The number of pyridine rings is 2. The van der Waals surface area contributed by atoms with Crippen LogP contribution in [0.4, 0.5) is 14.6 Å². The van der Waals surface area contributed by atoms with Gasteiger partial charge in [-0.2, -0.15) is 0 Å². The lowest BCUT2D eigenvalue weighted by Gasteiger charge is -2.35. The maximum absolute atomic E-state index is 16.9. The summed E-state index contributed by atoms with van der Waals surface area (Å²) < 4.78 is 31.6. The number of aromatic hydroxyl groups is 1. The van der Waals surface area contributed by atoms with Gasteiger partial charge in [-0.05, 0) is 48.9 Å². The number of aromatic nitrogens is 2. The van der Waals surface area contributed by atoms with Crippen LogP contribution < -0.4 is 10.2 Å². The molecule has 0 spiro atoms. The van der Waals surface area contributed by atoms with E-state index in [2.05, 4.69) is 21.1 Å². The van der Waals surface area contributed by atoms with Crippen molar-refractivity contribution in [2.45, 2.75) is 31.8 Å². The molecule has 5 nitrogen and oxygen atoms in total. The Balaban J connectivity index is 1.53. The number of piperazine rings is 1. The van der Waals surface area contributed by atoms with Gasteiger partial charge < -0.3 is 15.3 Å². The second-order valence-corrected chi connectivity index (χ2v) is 10.7. The standard InChI is InChI=1S/C33H26F2N4O/c1-3-24-27(34)12-9-20-13-23(40)14-25(29(20)24)32-30(35)28-18(2)31(19-7-5-4-6-8-19)38-33(26(28)15-36-32)39-16-21-10-11-22(17-39)37-21/h1,4-9,12-15,21-22,37,40H,10-11,16-17H2,2H3. The summed E-state index contributed by atoms with van der Waals surface area (Å²) in [5.74, 6) is 1.86. The summed E-state index contributed by atoms with van der Waals surface area (Å²) in [5.41, 5.74) is 2.50. The van der Waals surface area contributed by atoms with Crippen LogP contribution in [0, 0.1) is 30.9 Å². The summed E-state index contributed by atoms with van der Waals surface area (Å²) in [6.45, 7) is 3.42. The van der Waals surface area contributed by atoms with Gasteiger partial charge in [-0.25, -0.2) is 13.8 Å². The Kier molecular flexibility index (Phi) is 5.69. The zero-order valence-electron chi connectivity index (χ0n) is 21.9. The van der Waals surface area contributed by atoms with Gasteiger partial charge in [0.15, 0.2) is 5.82 Å². The van der Waals surface area contributed by atoms with Crippen molar-refractivity contribution in [2.24, 2.45) is 0 Å². The molecule has 3 aromatic carbocycles. The van der Waals surface area contributed by atoms with Gasteiger partial charge >= 0.3 is 0 Å². The van der Waals surface area contributed by atoms with Crippen LogP contribution in [-0.2, 0) is 0 Å². The van der Waals surface area contributed by atoms with Gasteiger partial charge in [0.2, 0.25) is 0 Å². The predicted octanol–water partition coefficient (Wildman–Crippen LogP) is 6.33. The molecule has 2 saturated heterocycles. The lowest BCUT2D eigenvalue weighted by molar-refractivity contribution is 0.464. The molecule has 0 saturated carbocycles. The van der Waals surface area contributed by atoms with E-state index in [-0.39, 0.29) is 22.6 Å². The maximum Gasteiger partial charge on any atom is 0.157 e. The fourth-order valence-electron chi connectivity index (χ4n) is 6.42. The number of halogens is 2. The first-order valence-corrected chi connectivity index (χ1v) is 13.4. The summed E-state index contributed by atoms with van der Waals surface area (Å²) in [6.07, 6.45) is 9.53. The van der Waals surface area contributed by atoms with Crippen molar-refractivity contribution in [3.63, 3.8) is 0 Å². The fourth-order valence-corrected chi connectivity index (χ4v) is 6.42. The number of nitrogens with one attached hydrogen (secondary N) is 1. The van der Waals surface area contributed by atoms with E-state index in [4.69, 9.17) is 11.4 Å². The second kappa shape index (κ2) is 9.29. The van der Waals surface area contributed by atoms with Gasteiger partial charge in [-0.15, -0.1) is 6.42 Å². The molecule has 7 heteroatoms. The number of phenols is 1. The molecule has 2 bridgehead atoms. The molecule has 2 aliphatic heterocycles. The smallest absolute Gasteiger partial charge is 0.157 e. The van der Waals surface area contributed by atoms with E-state index >= 15 is 4.39 Å². The van der Waals surface area contributed by atoms with Gasteiger partial charge in [0.05, 0.1) is 11.3 Å². The third kappa shape index (κ3) is 3.79. The molecule has 0 aliphatic carbocycles. The van der Waals surface area contributed by atoms with Gasteiger partial charge in [-0.3, -0.25) is 4.98 Å². The van der Waals surface area contributed by atoms with E-state index in [1.54, 1.807) is 6.20 Å². The number of hydrogen-bond acceptors (Lipinski definition) is 5. The number of anilines is 1. The van der Waals surface area contributed by atoms with Crippen molar-refractivity contribution in [1.82, 2.24) is 15.3 Å². The molecule has 5 aromatic rings. The van der Waals surface area contributed by atoms with Crippen LogP contribution in [0.2, 0.25) is 0 Å². The quantitative estimate of drug-likeness (QED) is 0.266. The molecule has 0 amide bonds. The summed E-state index contributed by atoms with van der Waals surface area (Å²) in [4.78, 5) is 11.9. The first-order valence-electron chi connectivity index (χ1n) is 13.4. The van der Waals surface area contributed by atoms with Crippen LogP contribution in [0.1, 0.15) is 24.0 Å². The maximum atomic E-state index is 16.9. The molecule has 2 aromatic heterocycles. The lowest BCUT2D eigenvalue weighted by atomic mass is 9.94. The molecule has 40 heavy (non-hydrogen) atoms. The van der Waals surface area contributed by atoms with E-state index in [9.17, 15) is 9.50 Å². The number of phenolic OH excluding ortho intramolecular Hbond substituents is 1. The number of hydrogen-bond donors (Lipinski definition) is 2. The Bertz CT molecular complexity index is 1850. The molecule has 7 rings (SSSR count). The van der Waals surface area contributed by atoms with E-state index < -0.39 is 11.6 Å². The van der Waals surface area contributed by atoms with Crippen molar-refractivity contribution < 1.29 is 13.9 Å². The number of benzene rings is 3. The average molecular weight is 533 g/mol. The van der Waals surface area contributed by atoms with Crippen molar-refractivity contribution in [3.8, 4) is 40.6 Å². The van der Waals surface area contributed by atoms with E-state index in [1.165, 1.54) is 24.3 Å². The molecule has 2 aliphatic rings. The number of terminal acetylenes is 1. The normalized spacial score (nSPS) is 18.4. The van der Waals surface area contributed by atoms with Gasteiger partial charge in [0, 0.05) is 58.7 Å². The number of rotatable bonds is 3. The third-order valence-corrected chi connectivity index (χ3v) is 8.22. The Morgan fingerprint density at radius 1 is 1.00 bits per heavy atom. The minimum Gasteiger partial charge on any atom is -0.508 e. The van der Waals surface area contributed by atoms with Crippen LogP contribution in [0.25, 0.3) is 44.1 Å². The molecule has 0 radical (unpaired) electrons. The minimum atomic E-state index is -0.592. The molecular formula is C33H26F2N4O. The highest BCUT2D eigenvalue weighted by atomic mass is 19.1. The first kappa shape index (κ1) is 24.5. The Morgan fingerprint density at radius 3 is 2.48 bits per heavy atom. The van der Waals surface area contributed by atoms with Crippen molar-refractivity contribution in [3.05, 3.63) is 83.6 Å². The highest BCUT2D eigenvalue weighted by molar-refractivity contribution is 6.05. The van der Waals surface area contributed by atoms with Crippen LogP contribution in [-0.4, -0.2) is 40.2 Å². The third-order valence-electron chi connectivity index (χ3n) is 8.22. The van der Waals surface area contributed by atoms with E-state index in [0.29, 0.717) is 50.7 Å². The molecule has 2 atom stereocenters. The lowest BCUT2D eigenvalue weighted by Crippen LogP contribution is -2.51. The SMILES string of the molecule is C#Cc1c(F)ccc2cc(O)cc(-c3ncc4c(N5CC6CCC(C5)N6)nc(-c5ccccc5)c(C)c4c3F)c12. The molecule has 4 heterocycles. The zero-order valence-corrected chi connectivity index (χ0v) is 21.9. The second-order valence-electron chi connectivity index (χ2n) is 10.7. The largest absolute Gasteiger partial charge is 0.508 e. The summed E-state index contributed by atoms with van der Waals surface area (Å²) in [5, 5.41) is 16.0. The fraction of sp³-hybridized carbons (Fsp3) is 0.212. The Morgan fingerprint density at radius 2 is 1.75 bits per heavy atom. The van der Waals surface area contributed by atoms with E-state index in [1.807, 2.05) is 37.3 Å². The summed E-state index contributed by atoms with van der Waals surface area (Å²) in [6, 6.07) is 16.1. The topological polar surface area (TPSA) is 61.3 Å². The van der Waals surface area contributed by atoms with Crippen LogP contribution in [0.15, 0.2) is 60.8 Å². The first-order chi connectivity index (χ1) is 19.4. The van der Waals surface area contributed by atoms with Crippen molar-refractivity contribution >= 4 is 27.4 Å². The highest BCUT2D eigenvalue weighted by Crippen LogP contribution is 2.41. The molecule has 198 valence electrons. The van der Waals surface area contributed by atoms with E-state index in [0.717, 1.165) is 31.5 Å². The number of fused-ring (bicyclic) bond motifs is 4. The van der Waals surface area contributed by atoms with Gasteiger partial charge in [0.1, 0.15) is 23.1 Å². The average Bonchev–Trinajstić information content (AvgIpc) is 3.30. The highest BCUT2D eigenvalue weighted by Gasteiger charge is 2.34. The van der Waals surface area contributed by atoms with Crippen LogP contribution in [0.5, 0.6) is 5.75 Å². The van der Waals surface area contributed by atoms with Crippen LogP contribution >= 0.6 is 0 Å². The van der Waals surface area contributed by atoms with Crippen molar-refractivity contribution in [2.75, 3.05) is 18.0 Å². The predicted molar refractivity (Wildman–Crippen MR) is 154 cm³/mol. The van der Waals surface area contributed by atoms with Gasteiger partial charge in [-0.1, -0.05) is 42.3 Å². The molecular weight excluding hydrogens is 506 g/mol. The molecule has 2 unspecified atom stereocenters. The van der Waals surface area contributed by atoms with Crippen molar-refractivity contribution in [1.29, 1.82) is 0 Å². The number of nitrogens with zero attached hydrogens (tertiary/aromatic N) is 3. The Hall–Kier alpha value is -4.54. The summed E-state index contributed by atoms with van der Waals surface area (Å²) >= 11 is 0. The number of aryl methyl sites for hydroxylation is 1.